The third-order valence-corrected chi connectivity index (χ3v) is 3.99. The molecule has 0 unspecified atom stereocenters. The molecule has 4 nitrogen and oxygen atoms in total. The summed E-state index contributed by atoms with van der Waals surface area (Å²) < 4.78 is 0. The van der Waals surface area contributed by atoms with E-state index < -0.39 is 0 Å². The summed E-state index contributed by atoms with van der Waals surface area (Å²) >= 11 is 0. The minimum atomic E-state index is 1.08. The summed E-state index contributed by atoms with van der Waals surface area (Å²) in [5.74, 6) is 0. The van der Waals surface area contributed by atoms with Crippen molar-refractivity contribution in [2.24, 2.45) is 0 Å². The third kappa shape index (κ3) is 10.6. The molecule has 1 saturated heterocycles. The summed E-state index contributed by atoms with van der Waals surface area (Å²) in [6.07, 6.45) is 8.37. The Bertz CT molecular complexity index is 187. The van der Waals surface area contributed by atoms with Crippen molar-refractivity contribution in [1.29, 1.82) is 0 Å². The van der Waals surface area contributed by atoms with Crippen LogP contribution in [0.5, 0.6) is 0 Å². The maximum absolute atomic E-state index is 3.53. The Morgan fingerprint density at radius 3 is 1.75 bits per heavy atom. The lowest BCUT2D eigenvalue weighted by molar-refractivity contribution is 0.264. The maximum Gasteiger partial charge on any atom is 0.0107 e. The number of unbranched alkanes of at least 4 members (excludes halogenated alkanes) is 5. The Hall–Kier alpha value is -0.160. The molecular weight excluding hydrogens is 248 g/mol. The molecule has 0 aromatic heterocycles. The SMILES string of the molecule is CCCCCCCCN1CCNCCNCCNCC1. The highest BCUT2D eigenvalue weighted by Crippen LogP contribution is 2.05. The van der Waals surface area contributed by atoms with E-state index in [0.717, 1.165) is 39.3 Å². The first kappa shape index (κ1) is 17.9. The molecule has 1 heterocycles. The highest BCUT2D eigenvalue weighted by Gasteiger charge is 2.04. The van der Waals surface area contributed by atoms with Gasteiger partial charge in [-0.1, -0.05) is 39.0 Å². The largest absolute Gasteiger partial charge is 0.314 e. The van der Waals surface area contributed by atoms with Gasteiger partial charge in [-0.05, 0) is 13.0 Å². The van der Waals surface area contributed by atoms with E-state index in [-0.39, 0.29) is 0 Å². The van der Waals surface area contributed by atoms with Crippen molar-refractivity contribution >= 4 is 0 Å². The van der Waals surface area contributed by atoms with Crippen molar-refractivity contribution in [1.82, 2.24) is 20.9 Å². The van der Waals surface area contributed by atoms with Crippen LogP contribution in [-0.4, -0.2) is 63.8 Å². The highest BCUT2D eigenvalue weighted by molar-refractivity contribution is 4.65. The minimum absolute atomic E-state index is 1.08. The molecule has 0 aromatic carbocycles. The molecule has 120 valence electrons. The van der Waals surface area contributed by atoms with E-state index in [1.54, 1.807) is 0 Å². The van der Waals surface area contributed by atoms with Crippen LogP contribution in [0.15, 0.2) is 0 Å². The second kappa shape index (κ2) is 13.8. The lowest BCUT2D eigenvalue weighted by Gasteiger charge is -2.23. The van der Waals surface area contributed by atoms with Crippen LogP contribution in [0.3, 0.4) is 0 Å². The zero-order chi connectivity index (χ0) is 14.3. The van der Waals surface area contributed by atoms with E-state index in [0.29, 0.717) is 0 Å². The third-order valence-electron chi connectivity index (χ3n) is 3.99. The molecule has 0 amide bonds. The van der Waals surface area contributed by atoms with Crippen LogP contribution in [0.25, 0.3) is 0 Å². The monoisotopic (exact) mass is 284 g/mol. The van der Waals surface area contributed by atoms with Crippen LogP contribution in [0.1, 0.15) is 45.4 Å². The van der Waals surface area contributed by atoms with Crippen LogP contribution in [0, 0.1) is 0 Å². The van der Waals surface area contributed by atoms with Gasteiger partial charge in [0.25, 0.3) is 0 Å². The molecule has 0 spiro atoms. The Balaban J connectivity index is 2.08. The van der Waals surface area contributed by atoms with E-state index in [1.807, 2.05) is 0 Å². The van der Waals surface area contributed by atoms with Crippen LogP contribution < -0.4 is 16.0 Å². The van der Waals surface area contributed by atoms with Crippen molar-refractivity contribution in [3.63, 3.8) is 0 Å². The summed E-state index contributed by atoms with van der Waals surface area (Å²) in [6.45, 7) is 12.5. The zero-order valence-corrected chi connectivity index (χ0v) is 13.6. The van der Waals surface area contributed by atoms with Gasteiger partial charge < -0.3 is 20.9 Å². The second-order valence-electron chi connectivity index (χ2n) is 5.86. The van der Waals surface area contributed by atoms with Gasteiger partial charge in [0.15, 0.2) is 0 Å². The molecular formula is C16H36N4. The standard InChI is InChI=1S/C16H36N4/c1-2-3-4-5-6-7-14-20-15-12-18-10-8-17-9-11-19-13-16-20/h17-19H,2-16H2,1H3. The van der Waals surface area contributed by atoms with E-state index in [9.17, 15) is 0 Å². The Morgan fingerprint density at radius 2 is 1.15 bits per heavy atom. The summed E-state index contributed by atoms with van der Waals surface area (Å²) in [5.41, 5.74) is 0. The van der Waals surface area contributed by atoms with Crippen LogP contribution in [-0.2, 0) is 0 Å². The molecule has 1 aliphatic rings. The maximum atomic E-state index is 3.53. The first-order valence-electron chi connectivity index (χ1n) is 8.78. The van der Waals surface area contributed by atoms with E-state index in [4.69, 9.17) is 0 Å². The topological polar surface area (TPSA) is 39.3 Å². The lowest BCUT2D eigenvalue weighted by Crippen LogP contribution is -2.42. The predicted octanol–water partition coefficient (Wildman–Crippen LogP) is 1.43. The van der Waals surface area contributed by atoms with Crippen molar-refractivity contribution in [2.75, 3.05) is 58.9 Å². The molecule has 0 aromatic rings. The normalized spacial score (nSPS) is 20.2. The molecule has 0 radical (unpaired) electrons. The van der Waals surface area contributed by atoms with E-state index >= 15 is 0 Å². The Kier molecular flexibility index (Phi) is 12.3. The molecule has 0 atom stereocenters. The molecule has 4 heteroatoms. The van der Waals surface area contributed by atoms with Gasteiger partial charge in [0.05, 0.1) is 0 Å². The van der Waals surface area contributed by atoms with Gasteiger partial charge in [-0.3, -0.25) is 0 Å². The summed E-state index contributed by atoms with van der Waals surface area (Å²) in [6, 6.07) is 0. The summed E-state index contributed by atoms with van der Waals surface area (Å²) in [4.78, 5) is 2.62. The van der Waals surface area contributed by atoms with Gasteiger partial charge in [-0.2, -0.15) is 0 Å². The number of hydrogen-bond acceptors (Lipinski definition) is 4. The average molecular weight is 284 g/mol. The molecule has 20 heavy (non-hydrogen) atoms. The van der Waals surface area contributed by atoms with E-state index in [2.05, 4.69) is 27.8 Å². The van der Waals surface area contributed by atoms with Gasteiger partial charge in [0.1, 0.15) is 0 Å². The van der Waals surface area contributed by atoms with Crippen molar-refractivity contribution in [3.8, 4) is 0 Å². The minimum Gasteiger partial charge on any atom is -0.314 e. The van der Waals surface area contributed by atoms with Crippen LogP contribution in [0.4, 0.5) is 0 Å². The summed E-state index contributed by atoms with van der Waals surface area (Å²) in [7, 11) is 0. The highest BCUT2D eigenvalue weighted by atomic mass is 15.2. The predicted molar refractivity (Wildman–Crippen MR) is 88.4 cm³/mol. The Morgan fingerprint density at radius 1 is 0.650 bits per heavy atom. The van der Waals surface area contributed by atoms with Crippen LogP contribution in [0.2, 0.25) is 0 Å². The molecule has 1 rings (SSSR count). The first-order valence-corrected chi connectivity index (χ1v) is 8.78. The molecule has 0 bridgehead atoms. The first-order chi connectivity index (χ1) is 9.93. The van der Waals surface area contributed by atoms with Crippen LogP contribution >= 0.6 is 0 Å². The fourth-order valence-electron chi connectivity index (χ4n) is 2.65. The fraction of sp³-hybridized carbons (Fsp3) is 1.00. The number of rotatable bonds is 7. The smallest absolute Gasteiger partial charge is 0.0107 e. The van der Waals surface area contributed by atoms with Gasteiger partial charge in [-0.15, -0.1) is 0 Å². The quantitative estimate of drug-likeness (QED) is 0.619. The number of nitrogens with zero attached hydrogens (tertiary/aromatic N) is 1. The zero-order valence-electron chi connectivity index (χ0n) is 13.6. The van der Waals surface area contributed by atoms with Crippen molar-refractivity contribution in [2.45, 2.75) is 45.4 Å². The fourth-order valence-corrected chi connectivity index (χ4v) is 2.65. The molecule has 1 fully saturated rings. The second-order valence-corrected chi connectivity index (χ2v) is 5.86. The van der Waals surface area contributed by atoms with Crippen molar-refractivity contribution in [3.05, 3.63) is 0 Å². The van der Waals surface area contributed by atoms with Gasteiger partial charge in [0.2, 0.25) is 0 Å². The van der Waals surface area contributed by atoms with E-state index in [1.165, 1.54) is 58.2 Å². The average Bonchev–Trinajstić information content (AvgIpc) is 2.45. The molecule has 3 N–H and O–H groups in total. The number of nitrogens with one attached hydrogen (secondary N) is 3. The van der Waals surface area contributed by atoms with Crippen molar-refractivity contribution < 1.29 is 0 Å². The van der Waals surface area contributed by atoms with Gasteiger partial charge >= 0.3 is 0 Å². The summed E-state index contributed by atoms with van der Waals surface area (Å²) in [5, 5.41) is 10.5. The lowest BCUT2D eigenvalue weighted by atomic mass is 10.1. The van der Waals surface area contributed by atoms with Gasteiger partial charge in [-0.25, -0.2) is 0 Å². The Labute approximate surface area is 126 Å². The van der Waals surface area contributed by atoms with Gasteiger partial charge in [0, 0.05) is 52.4 Å². The molecule has 0 saturated carbocycles. The molecule has 1 aliphatic heterocycles. The molecule has 0 aliphatic carbocycles. The number of hydrogen-bond donors (Lipinski definition) is 3.